The van der Waals surface area contributed by atoms with Crippen LogP contribution in [0.15, 0.2) is 67.1 Å². The van der Waals surface area contributed by atoms with E-state index in [1.165, 1.54) is 10.9 Å². The Morgan fingerprint density at radius 3 is 2.48 bits per heavy atom. The largest absolute Gasteiger partial charge is 0.476 e. The molecule has 25 heavy (non-hydrogen) atoms. The van der Waals surface area contributed by atoms with E-state index < -0.39 is 5.97 Å². The summed E-state index contributed by atoms with van der Waals surface area (Å²) in [6.07, 6.45) is 4.73. The number of nitrogens with one attached hydrogen (secondary N) is 1. The van der Waals surface area contributed by atoms with Crippen LogP contribution in [0.5, 0.6) is 0 Å². The Balaban J connectivity index is 1.75. The molecule has 0 radical (unpaired) electrons. The van der Waals surface area contributed by atoms with Crippen LogP contribution in [0.1, 0.15) is 10.5 Å². The fourth-order valence-corrected chi connectivity index (χ4v) is 2.71. The van der Waals surface area contributed by atoms with Gasteiger partial charge in [0.15, 0.2) is 5.69 Å². The summed E-state index contributed by atoms with van der Waals surface area (Å²) in [7, 11) is 0. The summed E-state index contributed by atoms with van der Waals surface area (Å²) in [5, 5.41) is 16.7. The van der Waals surface area contributed by atoms with E-state index >= 15 is 0 Å². The highest BCUT2D eigenvalue weighted by molar-refractivity contribution is 5.86. The lowest BCUT2D eigenvalue weighted by atomic mass is 9.99. The number of nitrogens with zero attached hydrogens (tertiary/aromatic N) is 4. The van der Waals surface area contributed by atoms with Gasteiger partial charge in [-0.1, -0.05) is 41.6 Å². The van der Waals surface area contributed by atoms with Gasteiger partial charge in [-0.3, -0.25) is 0 Å². The van der Waals surface area contributed by atoms with Gasteiger partial charge < -0.3 is 10.1 Å². The number of aromatic carboxylic acids is 1. The summed E-state index contributed by atoms with van der Waals surface area (Å²) in [4.78, 5) is 18.6. The first kappa shape index (κ1) is 14.8. The van der Waals surface area contributed by atoms with Crippen LogP contribution in [-0.2, 0) is 0 Å². The average Bonchev–Trinajstić information content (AvgIpc) is 3.34. The molecule has 0 spiro atoms. The molecule has 0 saturated carbocycles. The zero-order valence-electron chi connectivity index (χ0n) is 13.0. The molecule has 122 valence electrons. The third-order valence-corrected chi connectivity index (χ3v) is 3.87. The molecule has 7 heteroatoms. The maximum Gasteiger partial charge on any atom is 0.356 e. The van der Waals surface area contributed by atoms with E-state index in [1.807, 2.05) is 48.5 Å². The number of aromatic amines is 1. The van der Waals surface area contributed by atoms with Gasteiger partial charge in [0.25, 0.3) is 0 Å². The maximum absolute atomic E-state index is 11.2. The van der Waals surface area contributed by atoms with Crippen LogP contribution < -0.4 is 0 Å². The number of H-pyrrole nitrogens is 1. The first-order valence-electron chi connectivity index (χ1n) is 7.57. The Kier molecular flexibility index (Phi) is 3.59. The third kappa shape index (κ3) is 2.67. The molecule has 4 rings (SSSR count). The summed E-state index contributed by atoms with van der Waals surface area (Å²) in [5.74, 6) is -0.277. The Morgan fingerprint density at radius 2 is 1.80 bits per heavy atom. The smallest absolute Gasteiger partial charge is 0.356 e. The molecule has 0 saturated heterocycles. The lowest BCUT2D eigenvalue weighted by Gasteiger charge is -2.09. The lowest BCUT2D eigenvalue weighted by Crippen LogP contribution is -2.07. The minimum absolute atomic E-state index is 0.0173. The van der Waals surface area contributed by atoms with Crippen molar-refractivity contribution < 1.29 is 9.90 Å². The van der Waals surface area contributed by atoms with Crippen molar-refractivity contribution in [2.24, 2.45) is 0 Å². The first-order valence-corrected chi connectivity index (χ1v) is 7.57. The van der Waals surface area contributed by atoms with E-state index in [-0.39, 0.29) is 5.69 Å². The summed E-state index contributed by atoms with van der Waals surface area (Å²) >= 11 is 0. The first-order chi connectivity index (χ1) is 12.2. The second-order valence-corrected chi connectivity index (χ2v) is 5.37. The number of carboxylic acid groups (broad SMARTS) is 1. The molecule has 2 aromatic heterocycles. The molecular formula is C18H13N5O2. The molecule has 7 nitrogen and oxygen atoms in total. The number of hydrogen-bond donors (Lipinski definition) is 2. The minimum atomic E-state index is -1.07. The minimum Gasteiger partial charge on any atom is -0.476 e. The van der Waals surface area contributed by atoms with Crippen LogP contribution >= 0.6 is 0 Å². The van der Waals surface area contributed by atoms with Gasteiger partial charge in [0.2, 0.25) is 0 Å². The van der Waals surface area contributed by atoms with Gasteiger partial charge in [-0.15, -0.1) is 5.10 Å². The van der Waals surface area contributed by atoms with Gasteiger partial charge in [0, 0.05) is 18.0 Å². The SMILES string of the molecule is O=C(O)c1cnnn1-c1ccc(-c2ccccc2-c2ncc[nH]2)cc1. The van der Waals surface area contributed by atoms with Gasteiger partial charge in [0.1, 0.15) is 5.82 Å². The van der Waals surface area contributed by atoms with E-state index in [1.54, 1.807) is 12.4 Å². The fourth-order valence-electron chi connectivity index (χ4n) is 2.71. The highest BCUT2D eigenvalue weighted by Gasteiger charge is 2.14. The van der Waals surface area contributed by atoms with Gasteiger partial charge in [0.05, 0.1) is 11.9 Å². The number of rotatable bonds is 4. The van der Waals surface area contributed by atoms with E-state index in [9.17, 15) is 9.90 Å². The zero-order chi connectivity index (χ0) is 17.2. The topological polar surface area (TPSA) is 96.7 Å². The molecule has 0 aliphatic rings. The van der Waals surface area contributed by atoms with Gasteiger partial charge in [-0.2, -0.15) is 0 Å². The second kappa shape index (κ2) is 6.04. The quantitative estimate of drug-likeness (QED) is 0.599. The number of hydrogen-bond acceptors (Lipinski definition) is 4. The zero-order valence-corrected chi connectivity index (χ0v) is 13.0. The highest BCUT2D eigenvalue weighted by Crippen LogP contribution is 2.30. The Labute approximate surface area is 142 Å². The number of imidazole rings is 1. The molecule has 0 aliphatic carbocycles. The maximum atomic E-state index is 11.2. The molecule has 2 N–H and O–H groups in total. The molecule has 2 heterocycles. The summed E-state index contributed by atoms with van der Waals surface area (Å²) in [6.45, 7) is 0. The van der Waals surface area contributed by atoms with Crippen molar-refractivity contribution in [1.29, 1.82) is 0 Å². The number of carboxylic acids is 1. The summed E-state index contributed by atoms with van der Waals surface area (Å²) < 4.78 is 1.30. The van der Waals surface area contributed by atoms with Crippen molar-refractivity contribution in [3.05, 3.63) is 72.8 Å². The second-order valence-electron chi connectivity index (χ2n) is 5.37. The predicted octanol–water partition coefficient (Wildman–Crippen LogP) is 3.02. The number of aromatic nitrogens is 5. The molecule has 0 bridgehead atoms. The van der Waals surface area contributed by atoms with Crippen molar-refractivity contribution >= 4 is 5.97 Å². The monoisotopic (exact) mass is 331 g/mol. The summed E-state index contributed by atoms with van der Waals surface area (Å²) in [6, 6.07) is 15.4. The van der Waals surface area contributed by atoms with Crippen LogP contribution in [0.4, 0.5) is 0 Å². The van der Waals surface area contributed by atoms with E-state index in [0.29, 0.717) is 5.69 Å². The van der Waals surface area contributed by atoms with Crippen LogP contribution in [0.2, 0.25) is 0 Å². The van der Waals surface area contributed by atoms with Crippen LogP contribution in [-0.4, -0.2) is 36.0 Å². The van der Waals surface area contributed by atoms with Crippen LogP contribution in [0.25, 0.3) is 28.2 Å². The van der Waals surface area contributed by atoms with E-state index in [0.717, 1.165) is 22.5 Å². The van der Waals surface area contributed by atoms with Crippen molar-refractivity contribution in [3.63, 3.8) is 0 Å². The Bertz CT molecular complexity index is 1020. The third-order valence-electron chi connectivity index (χ3n) is 3.87. The normalized spacial score (nSPS) is 10.7. The molecule has 0 amide bonds. The van der Waals surface area contributed by atoms with Crippen molar-refractivity contribution in [1.82, 2.24) is 25.0 Å². The fraction of sp³-hybridized carbons (Fsp3) is 0. The molecule has 2 aromatic carbocycles. The lowest BCUT2D eigenvalue weighted by molar-refractivity contribution is 0.0687. The standard InChI is InChI=1S/C18H13N5O2/c24-18(25)16-11-21-22-23(16)13-7-5-12(6-8-13)14-3-1-2-4-15(14)17-19-9-10-20-17/h1-11H,(H,19,20)(H,24,25). The molecule has 0 aliphatic heterocycles. The van der Waals surface area contributed by atoms with Gasteiger partial charge in [-0.05, 0) is 23.3 Å². The highest BCUT2D eigenvalue weighted by atomic mass is 16.4. The van der Waals surface area contributed by atoms with Crippen molar-refractivity contribution in [2.75, 3.05) is 0 Å². The predicted molar refractivity (Wildman–Crippen MR) is 91.3 cm³/mol. The van der Waals surface area contributed by atoms with Crippen LogP contribution in [0.3, 0.4) is 0 Å². The Morgan fingerprint density at radius 1 is 1.04 bits per heavy atom. The molecule has 4 aromatic rings. The molecular weight excluding hydrogens is 318 g/mol. The number of benzene rings is 2. The van der Waals surface area contributed by atoms with Gasteiger partial charge in [-0.25, -0.2) is 14.5 Å². The molecule has 0 fully saturated rings. The average molecular weight is 331 g/mol. The van der Waals surface area contributed by atoms with Gasteiger partial charge >= 0.3 is 5.97 Å². The van der Waals surface area contributed by atoms with Crippen molar-refractivity contribution in [3.8, 4) is 28.2 Å². The molecule has 0 atom stereocenters. The van der Waals surface area contributed by atoms with Crippen molar-refractivity contribution in [2.45, 2.75) is 0 Å². The van der Waals surface area contributed by atoms with Crippen LogP contribution in [0, 0.1) is 0 Å². The van der Waals surface area contributed by atoms with E-state index in [2.05, 4.69) is 20.3 Å². The number of carbonyl (C=O) groups is 1. The summed E-state index contributed by atoms with van der Waals surface area (Å²) in [5.41, 5.74) is 3.67. The Hall–Kier alpha value is -3.74. The van der Waals surface area contributed by atoms with E-state index in [4.69, 9.17) is 0 Å². The molecule has 0 unspecified atom stereocenters.